The molecule has 0 atom stereocenters. The Hall–Kier alpha value is -2.04. The standard InChI is InChI=1S/C21H29NO3/c1-4-23-13-14-24-21-8-6-5-7-19(21)16-22-15-18-9-11-20(12-10-18)25-17(2)3/h5-12,17,22H,4,13-16H2,1-3H3. The average Bonchev–Trinajstić information content (AvgIpc) is 2.61. The molecular weight excluding hydrogens is 314 g/mol. The van der Waals surface area contributed by atoms with Crippen molar-refractivity contribution in [2.24, 2.45) is 0 Å². The molecule has 0 heterocycles. The second-order valence-electron chi connectivity index (χ2n) is 6.07. The maximum absolute atomic E-state index is 5.81. The summed E-state index contributed by atoms with van der Waals surface area (Å²) in [5, 5.41) is 3.47. The van der Waals surface area contributed by atoms with E-state index in [2.05, 4.69) is 23.5 Å². The molecule has 0 aliphatic heterocycles. The minimum absolute atomic E-state index is 0.197. The van der Waals surface area contributed by atoms with Crippen LogP contribution in [0.15, 0.2) is 48.5 Å². The fraction of sp³-hybridized carbons (Fsp3) is 0.429. The van der Waals surface area contributed by atoms with Crippen LogP contribution in [0.25, 0.3) is 0 Å². The summed E-state index contributed by atoms with van der Waals surface area (Å²) in [6.07, 6.45) is 0.197. The first-order valence-electron chi connectivity index (χ1n) is 8.93. The Morgan fingerprint density at radius 2 is 1.68 bits per heavy atom. The summed E-state index contributed by atoms with van der Waals surface area (Å²) in [4.78, 5) is 0. The van der Waals surface area contributed by atoms with Gasteiger partial charge < -0.3 is 19.5 Å². The molecule has 0 aliphatic carbocycles. The number of rotatable bonds is 11. The SMILES string of the molecule is CCOCCOc1ccccc1CNCc1ccc(OC(C)C)cc1. The number of benzene rings is 2. The third kappa shape index (κ3) is 7.16. The highest BCUT2D eigenvalue weighted by molar-refractivity contribution is 5.33. The van der Waals surface area contributed by atoms with Crippen LogP contribution in [0.3, 0.4) is 0 Å². The van der Waals surface area contributed by atoms with E-state index in [4.69, 9.17) is 14.2 Å². The highest BCUT2D eigenvalue weighted by Crippen LogP contribution is 2.18. The fourth-order valence-electron chi connectivity index (χ4n) is 2.45. The van der Waals surface area contributed by atoms with Crippen LogP contribution >= 0.6 is 0 Å². The molecule has 2 rings (SSSR count). The highest BCUT2D eigenvalue weighted by atomic mass is 16.5. The lowest BCUT2D eigenvalue weighted by atomic mass is 10.2. The normalized spacial score (nSPS) is 10.9. The van der Waals surface area contributed by atoms with Crippen LogP contribution in [0.5, 0.6) is 11.5 Å². The van der Waals surface area contributed by atoms with Crippen molar-refractivity contribution in [2.75, 3.05) is 19.8 Å². The van der Waals surface area contributed by atoms with Crippen LogP contribution in [0.2, 0.25) is 0 Å². The average molecular weight is 343 g/mol. The molecule has 0 unspecified atom stereocenters. The Labute approximate surface area is 151 Å². The molecule has 25 heavy (non-hydrogen) atoms. The molecule has 0 aromatic heterocycles. The van der Waals surface area contributed by atoms with Gasteiger partial charge in [-0.15, -0.1) is 0 Å². The summed E-state index contributed by atoms with van der Waals surface area (Å²) in [7, 11) is 0. The Morgan fingerprint density at radius 1 is 0.920 bits per heavy atom. The summed E-state index contributed by atoms with van der Waals surface area (Å²) in [5.41, 5.74) is 2.38. The lowest BCUT2D eigenvalue weighted by molar-refractivity contribution is 0.110. The van der Waals surface area contributed by atoms with Crippen LogP contribution in [-0.4, -0.2) is 25.9 Å². The van der Waals surface area contributed by atoms with Crippen LogP contribution in [0, 0.1) is 0 Å². The molecule has 2 aromatic rings. The fourth-order valence-corrected chi connectivity index (χ4v) is 2.45. The first-order valence-corrected chi connectivity index (χ1v) is 8.93. The molecule has 2 aromatic carbocycles. The van der Waals surface area contributed by atoms with Gasteiger partial charge in [0.2, 0.25) is 0 Å². The quantitative estimate of drug-likeness (QED) is 0.621. The number of ether oxygens (including phenoxy) is 3. The molecule has 0 fully saturated rings. The predicted molar refractivity (Wildman–Crippen MR) is 101 cm³/mol. The third-order valence-electron chi connectivity index (χ3n) is 3.60. The lowest BCUT2D eigenvalue weighted by Crippen LogP contribution is -2.14. The molecule has 4 nitrogen and oxygen atoms in total. The zero-order chi connectivity index (χ0) is 17.9. The molecule has 0 aliphatic rings. The minimum Gasteiger partial charge on any atom is -0.491 e. The zero-order valence-corrected chi connectivity index (χ0v) is 15.5. The van der Waals surface area contributed by atoms with Gasteiger partial charge in [-0.1, -0.05) is 30.3 Å². The van der Waals surface area contributed by atoms with Gasteiger partial charge in [-0.25, -0.2) is 0 Å². The van der Waals surface area contributed by atoms with E-state index in [1.165, 1.54) is 5.56 Å². The van der Waals surface area contributed by atoms with Crippen molar-refractivity contribution in [3.63, 3.8) is 0 Å². The summed E-state index contributed by atoms with van der Waals surface area (Å²) in [6.45, 7) is 9.51. The van der Waals surface area contributed by atoms with Crippen molar-refractivity contribution in [3.8, 4) is 11.5 Å². The Kier molecular flexibility index (Phi) is 8.29. The van der Waals surface area contributed by atoms with E-state index in [1.807, 2.05) is 51.1 Å². The van der Waals surface area contributed by atoms with Crippen molar-refractivity contribution in [1.82, 2.24) is 5.32 Å². The van der Waals surface area contributed by atoms with Gasteiger partial charge >= 0.3 is 0 Å². The zero-order valence-electron chi connectivity index (χ0n) is 15.5. The van der Waals surface area contributed by atoms with Crippen molar-refractivity contribution < 1.29 is 14.2 Å². The number of hydrogen-bond acceptors (Lipinski definition) is 4. The van der Waals surface area contributed by atoms with Crippen molar-refractivity contribution in [3.05, 3.63) is 59.7 Å². The van der Waals surface area contributed by atoms with E-state index >= 15 is 0 Å². The van der Waals surface area contributed by atoms with E-state index in [0.29, 0.717) is 19.8 Å². The summed E-state index contributed by atoms with van der Waals surface area (Å²) >= 11 is 0. The third-order valence-corrected chi connectivity index (χ3v) is 3.60. The maximum atomic E-state index is 5.81. The first-order chi connectivity index (χ1) is 12.2. The second-order valence-corrected chi connectivity index (χ2v) is 6.07. The summed E-state index contributed by atoms with van der Waals surface area (Å²) in [6, 6.07) is 16.3. The highest BCUT2D eigenvalue weighted by Gasteiger charge is 2.03. The largest absolute Gasteiger partial charge is 0.491 e. The molecule has 0 saturated carbocycles. The molecular formula is C21H29NO3. The monoisotopic (exact) mass is 343 g/mol. The van der Waals surface area contributed by atoms with Crippen molar-refractivity contribution in [1.29, 1.82) is 0 Å². The van der Waals surface area contributed by atoms with Crippen molar-refractivity contribution >= 4 is 0 Å². The molecule has 0 radical (unpaired) electrons. The van der Waals surface area contributed by atoms with E-state index in [0.717, 1.165) is 30.2 Å². The molecule has 1 N–H and O–H groups in total. The number of para-hydroxylation sites is 1. The minimum atomic E-state index is 0.197. The van der Waals surface area contributed by atoms with Gasteiger partial charge in [0.05, 0.1) is 12.7 Å². The first kappa shape index (κ1) is 19.3. The van der Waals surface area contributed by atoms with Gasteiger partial charge in [-0.3, -0.25) is 0 Å². The van der Waals surface area contributed by atoms with E-state index < -0.39 is 0 Å². The number of hydrogen-bond donors (Lipinski definition) is 1. The van der Waals surface area contributed by atoms with E-state index in [9.17, 15) is 0 Å². The van der Waals surface area contributed by atoms with Crippen LogP contribution in [0.4, 0.5) is 0 Å². The Balaban J connectivity index is 1.81. The van der Waals surface area contributed by atoms with E-state index in [1.54, 1.807) is 0 Å². The number of nitrogens with one attached hydrogen (secondary N) is 1. The molecule has 136 valence electrons. The summed E-state index contributed by atoms with van der Waals surface area (Å²) < 4.78 is 16.8. The van der Waals surface area contributed by atoms with Gasteiger partial charge in [0.1, 0.15) is 18.1 Å². The van der Waals surface area contributed by atoms with Gasteiger partial charge in [0, 0.05) is 25.3 Å². The van der Waals surface area contributed by atoms with Gasteiger partial charge in [0.25, 0.3) is 0 Å². The predicted octanol–water partition coefficient (Wildman–Crippen LogP) is 4.18. The molecule has 4 heteroatoms. The lowest BCUT2D eigenvalue weighted by Gasteiger charge is -2.13. The van der Waals surface area contributed by atoms with Gasteiger partial charge in [-0.2, -0.15) is 0 Å². The molecule has 0 saturated heterocycles. The second kappa shape index (κ2) is 10.7. The van der Waals surface area contributed by atoms with Crippen LogP contribution in [0.1, 0.15) is 31.9 Å². The Bertz CT molecular complexity index is 611. The van der Waals surface area contributed by atoms with Gasteiger partial charge in [0.15, 0.2) is 0 Å². The molecule has 0 bridgehead atoms. The summed E-state index contributed by atoms with van der Waals surface area (Å²) in [5.74, 6) is 1.82. The molecule has 0 amide bonds. The Morgan fingerprint density at radius 3 is 2.40 bits per heavy atom. The van der Waals surface area contributed by atoms with Crippen LogP contribution < -0.4 is 14.8 Å². The smallest absolute Gasteiger partial charge is 0.123 e. The van der Waals surface area contributed by atoms with Crippen molar-refractivity contribution in [2.45, 2.75) is 40.0 Å². The molecule has 0 spiro atoms. The van der Waals surface area contributed by atoms with Crippen LogP contribution in [-0.2, 0) is 17.8 Å². The maximum Gasteiger partial charge on any atom is 0.123 e. The topological polar surface area (TPSA) is 39.7 Å². The van der Waals surface area contributed by atoms with Gasteiger partial charge in [-0.05, 0) is 44.5 Å². The van der Waals surface area contributed by atoms with E-state index in [-0.39, 0.29) is 6.10 Å².